The molecule has 6 heteroatoms. The molecule has 29 heavy (non-hydrogen) atoms. The third kappa shape index (κ3) is 6.69. The minimum Gasteiger partial charge on any atom is -0.492 e. The lowest BCUT2D eigenvalue weighted by Crippen LogP contribution is -2.39. The molecule has 0 radical (unpaired) electrons. The molecule has 0 atom stereocenters. The number of hydrogen-bond donors (Lipinski definition) is 2. The van der Waals surface area contributed by atoms with E-state index in [4.69, 9.17) is 17.0 Å². The average molecular weight is 469 g/mol. The van der Waals surface area contributed by atoms with Gasteiger partial charge in [-0.05, 0) is 41.5 Å². The van der Waals surface area contributed by atoms with E-state index in [-0.39, 0.29) is 11.0 Å². The second-order valence-electron chi connectivity index (χ2n) is 6.35. The number of halogens is 1. The first-order valence-corrected chi connectivity index (χ1v) is 10.4. The highest BCUT2D eigenvalue weighted by Gasteiger charge is 2.15. The van der Waals surface area contributed by atoms with Gasteiger partial charge in [0.1, 0.15) is 5.75 Å². The molecule has 4 nitrogen and oxygen atoms in total. The van der Waals surface area contributed by atoms with Crippen molar-refractivity contribution in [2.45, 2.75) is 13.0 Å². The fourth-order valence-electron chi connectivity index (χ4n) is 2.72. The lowest BCUT2D eigenvalue weighted by atomic mass is 10.1. The Balaban J connectivity index is 1.58. The van der Waals surface area contributed by atoms with Crippen LogP contribution in [-0.4, -0.2) is 17.6 Å². The quantitative estimate of drug-likeness (QED) is 0.485. The van der Waals surface area contributed by atoms with Crippen molar-refractivity contribution in [3.8, 4) is 5.75 Å². The summed E-state index contributed by atoms with van der Waals surface area (Å²) in [5.74, 6) is 0.207. The number of carbonyl (C=O) groups excluding carboxylic acids is 1. The second-order valence-corrected chi connectivity index (χ2v) is 7.67. The lowest BCUT2D eigenvalue weighted by molar-refractivity contribution is 0.0972. The van der Waals surface area contributed by atoms with E-state index in [1.807, 2.05) is 54.6 Å². The summed E-state index contributed by atoms with van der Waals surface area (Å²) < 4.78 is 6.68. The molecule has 2 N–H and O–H groups in total. The Morgan fingerprint density at radius 2 is 1.59 bits per heavy atom. The Bertz CT molecular complexity index is 965. The number of nitrogens with one attached hydrogen (secondary N) is 2. The Morgan fingerprint density at radius 1 is 0.931 bits per heavy atom. The topological polar surface area (TPSA) is 50.4 Å². The van der Waals surface area contributed by atoms with Crippen LogP contribution in [0.2, 0.25) is 0 Å². The van der Waals surface area contributed by atoms with Crippen molar-refractivity contribution in [2.24, 2.45) is 0 Å². The molecule has 0 aliphatic heterocycles. The van der Waals surface area contributed by atoms with Gasteiger partial charge in [-0.1, -0.05) is 76.6 Å². The zero-order chi connectivity index (χ0) is 20.5. The van der Waals surface area contributed by atoms with Gasteiger partial charge in [0.25, 0.3) is 5.91 Å². The van der Waals surface area contributed by atoms with Gasteiger partial charge in [-0.15, -0.1) is 0 Å². The van der Waals surface area contributed by atoms with Crippen LogP contribution in [0.3, 0.4) is 0 Å². The van der Waals surface area contributed by atoms with Crippen LogP contribution in [0.15, 0.2) is 83.3 Å². The van der Waals surface area contributed by atoms with E-state index in [1.54, 1.807) is 12.1 Å². The molecule has 0 saturated heterocycles. The molecule has 0 saturated carbocycles. The summed E-state index contributed by atoms with van der Waals surface area (Å²) in [4.78, 5) is 12.7. The van der Waals surface area contributed by atoms with E-state index < -0.39 is 0 Å². The van der Waals surface area contributed by atoms with Gasteiger partial charge in [-0.3, -0.25) is 10.1 Å². The van der Waals surface area contributed by atoms with Crippen LogP contribution in [0.25, 0.3) is 0 Å². The molecule has 0 aliphatic rings. The minimum absolute atomic E-state index is 0.272. The lowest BCUT2D eigenvalue weighted by Gasteiger charge is -2.14. The number of ether oxygens (including phenoxy) is 1. The van der Waals surface area contributed by atoms with E-state index in [0.717, 1.165) is 16.5 Å². The van der Waals surface area contributed by atoms with Gasteiger partial charge in [0.15, 0.2) is 5.11 Å². The van der Waals surface area contributed by atoms with Gasteiger partial charge in [-0.25, -0.2) is 0 Å². The molecular formula is C23H21BrN2O2S. The highest BCUT2D eigenvalue weighted by molar-refractivity contribution is 9.10. The largest absolute Gasteiger partial charge is 0.492 e. The van der Waals surface area contributed by atoms with Gasteiger partial charge in [0, 0.05) is 17.4 Å². The fourth-order valence-corrected chi connectivity index (χ4v) is 3.25. The van der Waals surface area contributed by atoms with Crippen LogP contribution in [0.1, 0.15) is 21.5 Å². The Hall–Kier alpha value is -2.70. The first-order valence-electron chi connectivity index (χ1n) is 9.21. The number of amides is 1. The van der Waals surface area contributed by atoms with Crippen LogP contribution in [0.5, 0.6) is 5.75 Å². The van der Waals surface area contributed by atoms with E-state index in [1.165, 1.54) is 5.56 Å². The highest BCUT2D eigenvalue weighted by Crippen LogP contribution is 2.23. The number of carbonyl (C=O) groups is 1. The average Bonchev–Trinajstić information content (AvgIpc) is 2.75. The van der Waals surface area contributed by atoms with E-state index >= 15 is 0 Å². The molecule has 0 fully saturated rings. The SMILES string of the molecule is O=C(NC(=S)NCc1ccccc1)c1cc(Br)ccc1OCCc1ccccc1. The second kappa shape index (κ2) is 10.7. The molecule has 148 valence electrons. The molecule has 0 aliphatic carbocycles. The summed E-state index contributed by atoms with van der Waals surface area (Å²) in [6.45, 7) is 1.02. The third-order valence-corrected chi connectivity index (χ3v) is 4.94. The zero-order valence-electron chi connectivity index (χ0n) is 15.7. The van der Waals surface area contributed by atoms with Crippen LogP contribution in [0, 0.1) is 0 Å². The van der Waals surface area contributed by atoms with Crippen LogP contribution >= 0.6 is 28.1 Å². The normalized spacial score (nSPS) is 10.2. The molecule has 0 spiro atoms. The smallest absolute Gasteiger partial charge is 0.261 e. The van der Waals surface area contributed by atoms with Crippen molar-refractivity contribution in [1.29, 1.82) is 0 Å². The van der Waals surface area contributed by atoms with Crippen molar-refractivity contribution in [3.05, 3.63) is 100 Å². The zero-order valence-corrected chi connectivity index (χ0v) is 18.1. The molecule has 0 unspecified atom stereocenters. The van der Waals surface area contributed by atoms with Crippen molar-refractivity contribution < 1.29 is 9.53 Å². The number of thiocarbonyl (C=S) groups is 1. The molecule has 0 aromatic heterocycles. The Morgan fingerprint density at radius 3 is 2.28 bits per heavy atom. The fraction of sp³-hybridized carbons (Fsp3) is 0.130. The summed E-state index contributed by atoms with van der Waals surface area (Å²) in [5, 5.41) is 6.04. The van der Waals surface area contributed by atoms with Crippen molar-refractivity contribution in [3.63, 3.8) is 0 Å². The summed E-state index contributed by atoms with van der Waals surface area (Å²) in [7, 11) is 0. The van der Waals surface area contributed by atoms with Crippen LogP contribution in [-0.2, 0) is 13.0 Å². The van der Waals surface area contributed by atoms with E-state index in [2.05, 4.69) is 38.7 Å². The third-order valence-electron chi connectivity index (χ3n) is 4.20. The van der Waals surface area contributed by atoms with E-state index in [0.29, 0.717) is 24.5 Å². The standard InChI is InChI=1S/C23H21BrN2O2S/c24-19-11-12-21(28-14-13-17-7-3-1-4-8-17)20(15-19)22(27)26-23(29)25-16-18-9-5-2-6-10-18/h1-12,15H,13-14,16H2,(H2,25,26,27,29). The predicted octanol–water partition coefficient (Wildman–Crippen LogP) is 4.88. The monoisotopic (exact) mass is 468 g/mol. The van der Waals surface area contributed by atoms with Crippen LogP contribution in [0.4, 0.5) is 0 Å². The molecule has 3 rings (SSSR count). The Kier molecular flexibility index (Phi) is 7.78. The summed E-state index contributed by atoms with van der Waals surface area (Å²) in [6.07, 6.45) is 0.759. The summed E-state index contributed by atoms with van der Waals surface area (Å²) in [6, 6.07) is 25.3. The maximum Gasteiger partial charge on any atom is 0.261 e. The Labute approximate surface area is 184 Å². The molecule has 3 aromatic rings. The molecule has 3 aromatic carbocycles. The van der Waals surface area contributed by atoms with Crippen molar-refractivity contribution >= 4 is 39.2 Å². The summed E-state index contributed by atoms with van der Waals surface area (Å²) >= 11 is 8.67. The van der Waals surface area contributed by atoms with Crippen LogP contribution < -0.4 is 15.4 Å². The molecule has 1 amide bonds. The maximum absolute atomic E-state index is 12.7. The van der Waals surface area contributed by atoms with Gasteiger partial charge in [0.2, 0.25) is 0 Å². The molecule has 0 heterocycles. The number of hydrogen-bond acceptors (Lipinski definition) is 3. The van der Waals surface area contributed by atoms with Gasteiger partial charge >= 0.3 is 0 Å². The maximum atomic E-state index is 12.7. The molecular weight excluding hydrogens is 448 g/mol. The first-order chi connectivity index (χ1) is 14.1. The van der Waals surface area contributed by atoms with Gasteiger partial charge < -0.3 is 10.1 Å². The van der Waals surface area contributed by atoms with Crippen molar-refractivity contribution in [2.75, 3.05) is 6.61 Å². The highest BCUT2D eigenvalue weighted by atomic mass is 79.9. The van der Waals surface area contributed by atoms with E-state index in [9.17, 15) is 4.79 Å². The minimum atomic E-state index is -0.313. The van der Waals surface area contributed by atoms with Crippen molar-refractivity contribution in [1.82, 2.24) is 10.6 Å². The summed E-state index contributed by atoms with van der Waals surface area (Å²) in [5.41, 5.74) is 2.69. The first kappa shape index (κ1) is 21.0. The number of rotatable bonds is 7. The molecule has 0 bridgehead atoms. The number of benzene rings is 3. The van der Waals surface area contributed by atoms with Gasteiger partial charge in [-0.2, -0.15) is 0 Å². The predicted molar refractivity (Wildman–Crippen MR) is 123 cm³/mol. The van der Waals surface area contributed by atoms with Gasteiger partial charge in [0.05, 0.1) is 12.2 Å².